The fourth-order valence-corrected chi connectivity index (χ4v) is 3.56. The molecule has 0 aromatic heterocycles. The molecule has 3 aromatic carbocycles. The van der Waals surface area contributed by atoms with Gasteiger partial charge in [-0.2, -0.15) is 0 Å². The van der Waals surface area contributed by atoms with Crippen molar-refractivity contribution in [1.82, 2.24) is 0 Å². The van der Waals surface area contributed by atoms with E-state index in [-0.39, 0.29) is 0 Å². The highest BCUT2D eigenvalue weighted by molar-refractivity contribution is 8.03. The molecule has 0 bridgehead atoms. The summed E-state index contributed by atoms with van der Waals surface area (Å²) in [7, 11) is 0. The van der Waals surface area contributed by atoms with Gasteiger partial charge in [0.05, 0.1) is 0 Å². The van der Waals surface area contributed by atoms with Crippen LogP contribution in [0.4, 0.5) is 0 Å². The van der Waals surface area contributed by atoms with Crippen molar-refractivity contribution in [2.45, 2.75) is 24.2 Å². The van der Waals surface area contributed by atoms with Crippen LogP contribution in [0.3, 0.4) is 0 Å². The number of rotatable bonds is 7. The molecule has 0 radical (unpaired) electrons. The van der Waals surface area contributed by atoms with Gasteiger partial charge < -0.3 is 0 Å². The number of thioether (sulfide) groups is 1. The van der Waals surface area contributed by atoms with Crippen LogP contribution >= 0.6 is 11.8 Å². The lowest BCUT2D eigenvalue weighted by molar-refractivity contribution is 0.981. The van der Waals surface area contributed by atoms with E-state index in [2.05, 4.69) is 97.1 Å². The van der Waals surface area contributed by atoms with Gasteiger partial charge in [0.25, 0.3) is 0 Å². The molecule has 0 spiro atoms. The van der Waals surface area contributed by atoms with Crippen molar-refractivity contribution in [3.63, 3.8) is 0 Å². The third-order valence-corrected chi connectivity index (χ3v) is 5.04. The molecule has 1 heteroatoms. The Morgan fingerprint density at radius 3 is 1.83 bits per heavy atom. The smallest absolute Gasteiger partial charge is 0.0118 e. The van der Waals surface area contributed by atoms with Crippen molar-refractivity contribution in [2.24, 2.45) is 0 Å². The topological polar surface area (TPSA) is 0 Å². The molecular formula is C23H22S. The van der Waals surface area contributed by atoms with Crippen molar-refractivity contribution < 1.29 is 0 Å². The van der Waals surface area contributed by atoms with Gasteiger partial charge in [-0.25, -0.2) is 0 Å². The van der Waals surface area contributed by atoms with E-state index < -0.39 is 0 Å². The van der Waals surface area contributed by atoms with Crippen LogP contribution in [-0.4, -0.2) is 0 Å². The van der Waals surface area contributed by atoms with Crippen LogP contribution in [-0.2, 0) is 12.8 Å². The molecule has 120 valence electrons. The zero-order chi connectivity index (χ0) is 16.5. The lowest BCUT2D eigenvalue weighted by Crippen LogP contribution is -1.89. The lowest BCUT2D eigenvalue weighted by Gasteiger charge is -2.08. The summed E-state index contributed by atoms with van der Waals surface area (Å²) in [6.45, 7) is 0. The van der Waals surface area contributed by atoms with Gasteiger partial charge in [-0.05, 0) is 47.4 Å². The maximum Gasteiger partial charge on any atom is 0.0118 e. The number of allylic oxidation sites excluding steroid dienone is 2. The highest BCUT2D eigenvalue weighted by Crippen LogP contribution is 2.30. The normalized spacial score (nSPS) is 11.4. The van der Waals surface area contributed by atoms with E-state index in [0.717, 1.165) is 19.3 Å². The van der Waals surface area contributed by atoms with Crippen molar-refractivity contribution in [3.8, 4) is 0 Å². The third kappa shape index (κ3) is 5.43. The van der Waals surface area contributed by atoms with Gasteiger partial charge in [-0.15, -0.1) is 0 Å². The molecule has 0 atom stereocenters. The van der Waals surface area contributed by atoms with Gasteiger partial charge in [0.1, 0.15) is 0 Å². The molecule has 0 saturated carbocycles. The molecule has 0 aliphatic heterocycles. The first kappa shape index (κ1) is 16.6. The summed E-state index contributed by atoms with van der Waals surface area (Å²) in [6.07, 6.45) is 5.54. The quantitative estimate of drug-likeness (QED) is 0.443. The summed E-state index contributed by atoms with van der Waals surface area (Å²) in [6, 6.07) is 32.1. The van der Waals surface area contributed by atoms with E-state index in [9.17, 15) is 0 Å². The summed E-state index contributed by atoms with van der Waals surface area (Å²) in [5, 5.41) is 0. The Morgan fingerprint density at radius 1 is 0.667 bits per heavy atom. The SMILES string of the molecule is C(/Cc1ccccc1)=C(\CCc1ccccc1)Sc1ccccc1. The minimum Gasteiger partial charge on any atom is -0.0949 e. The second-order valence-corrected chi connectivity index (χ2v) is 6.96. The van der Waals surface area contributed by atoms with Gasteiger partial charge in [0.15, 0.2) is 0 Å². The molecule has 24 heavy (non-hydrogen) atoms. The molecule has 0 aliphatic rings. The number of aryl methyl sites for hydroxylation is 1. The largest absolute Gasteiger partial charge is 0.0949 e. The minimum atomic E-state index is 0.991. The molecule has 0 N–H and O–H groups in total. The highest BCUT2D eigenvalue weighted by atomic mass is 32.2. The molecule has 3 rings (SSSR count). The molecule has 0 heterocycles. The van der Waals surface area contributed by atoms with E-state index in [1.54, 1.807) is 0 Å². The Balaban J connectivity index is 1.70. The molecule has 0 nitrogen and oxygen atoms in total. The standard InChI is InChI=1S/C23H22S/c1-4-10-20(11-5-1)16-18-23(24-22-14-8-3-9-15-22)19-17-21-12-6-2-7-13-21/h1-15,18H,16-17,19H2/b23-18-. The van der Waals surface area contributed by atoms with E-state index in [1.165, 1.54) is 20.9 Å². The molecule has 0 aliphatic carbocycles. The van der Waals surface area contributed by atoms with Crippen LogP contribution < -0.4 is 0 Å². The summed E-state index contributed by atoms with van der Waals surface area (Å²) < 4.78 is 0. The summed E-state index contributed by atoms with van der Waals surface area (Å²) >= 11 is 1.89. The van der Waals surface area contributed by atoms with Gasteiger partial charge in [-0.3, -0.25) is 0 Å². The summed E-state index contributed by atoms with van der Waals surface area (Å²) in [4.78, 5) is 2.75. The number of hydrogen-bond donors (Lipinski definition) is 0. The summed E-state index contributed by atoms with van der Waals surface area (Å²) in [5.41, 5.74) is 2.76. The van der Waals surface area contributed by atoms with Crippen LogP contribution in [0.15, 0.2) is 107 Å². The third-order valence-electron chi connectivity index (χ3n) is 3.90. The average Bonchev–Trinajstić information content (AvgIpc) is 2.66. The van der Waals surface area contributed by atoms with Crippen LogP contribution in [0, 0.1) is 0 Å². The zero-order valence-electron chi connectivity index (χ0n) is 13.8. The average molecular weight is 330 g/mol. The predicted octanol–water partition coefficient (Wildman–Crippen LogP) is 6.54. The Bertz CT molecular complexity index is 746. The van der Waals surface area contributed by atoms with Crippen molar-refractivity contribution in [2.75, 3.05) is 0 Å². The fourth-order valence-electron chi connectivity index (χ4n) is 2.59. The molecule has 3 aromatic rings. The van der Waals surface area contributed by atoms with Gasteiger partial charge in [0.2, 0.25) is 0 Å². The first-order valence-corrected chi connectivity index (χ1v) is 9.21. The van der Waals surface area contributed by atoms with Crippen LogP contribution in [0.2, 0.25) is 0 Å². The van der Waals surface area contributed by atoms with Crippen molar-refractivity contribution in [3.05, 3.63) is 113 Å². The second-order valence-electron chi connectivity index (χ2n) is 5.76. The van der Waals surface area contributed by atoms with Gasteiger partial charge >= 0.3 is 0 Å². The predicted molar refractivity (Wildman–Crippen MR) is 105 cm³/mol. The monoisotopic (exact) mass is 330 g/mol. The minimum absolute atomic E-state index is 0.991. The number of benzene rings is 3. The van der Waals surface area contributed by atoms with Gasteiger partial charge in [0, 0.05) is 4.90 Å². The Morgan fingerprint density at radius 2 is 1.21 bits per heavy atom. The first-order chi connectivity index (χ1) is 11.9. The summed E-state index contributed by atoms with van der Waals surface area (Å²) in [5.74, 6) is 0. The molecular weight excluding hydrogens is 308 g/mol. The first-order valence-electron chi connectivity index (χ1n) is 8.40. The molecule has 0 unspecified atom stereocenters. The van der Waals surface area contributed by atoms with Crippen LogP contribution in [0.1, 0.15) is 17.5 Å². The fraction of sp³-hybridized carbons (Fsp3) is 0.130. The molecule has 0 saturated heterocycles. The van der Waals surface area contributed by atoms with Crippen LogP contribution in [0.25, 0.3) is 0 Å². The van der Waals surface area contributed by atoms with Crippen molar-refractivity contribution in [1.29, 1.82) is 0 Å². The highest BCUT2D eigenvalue weighted by Gasteiger charge is 2.03. The van der Waals surface area contributed by atoms with E-state index in [1.807, 2.05) is 11.8 Å². The lowest BCUT2D eigenvalue weighted by atomic mass is 10.1. The van der Waals surface area contributed by atoms with E-state index in [4.69, 9.17) is 0 Å². The Kier molecular flexibility index (Phi) is 6.33. The maximum absolute atomic E-state index is 2.38. The number of hydrogen-bond acceptors (Lipinski definition) is 1. The van der Waals surface area contributed by atoms with E-state index >= 15 is 0 Å². The van der Waals surface area contributed by atoms with E-state index in [0.29, 0.717) is 0 Å². The molecule has 0 amide bonds. The van der Waals surface area contributed by atoms with Crippen LogP contribution in [0.5, 0.6) is 0 Å². The Labute approximate surface area is 149 Å². The van der Waals surface area contributed by atoms with Gasteiger partial charge in [-0.1, -0.05) is 96.7 Å². The Hall–Kier alpha value is -2.25. The molecule has 0 fully saturated rings. The second kappa shape index (κ2) is 9.14. The van der Waals surface area contributed by atoms with Crippen molar-refractivity contribution >= 4 is 11.8 Å². The maximum atomic E-state index is 2.38. The zero-order valence-corrected chi connectivity index (χ0v) is 14.6.